The zero-order valence-corrected chi connectivity index (χ0v) is 16.9. The molecule has 2 aromatic rings. The molecular formula is C22H27N3O4. The molecule has 1 aromatic carbocycles. The predicted molar refractivity (Wildman–Crippen MR) is 111 cm³/mol. The van der Waals surface area contributed by atoms with Crippen molar-refractivity contribution in [3.05, 3.63) is 34.1 Å². The maximum absolute atomic E-state index is 12.9. The van der Waals surface area contributed by atoms with Crippen LogP contribution < -0.4 is 20.4 Å². The van der Waals surface area contributed by atoms with E-state index >= 15 is 0 Å². The first-order chi connectivity index (χ1) is 13.9. The van der Waals surface area contributed by atoms with Crippen LogP contribution in [0.2, 0.25) is 0 Å². The molecule has 5 rings (SSSR count). The van der Waals surface area contributed by atoms with Crippen LogP contribution in [0.4, 0.5) is 10.5 Å². The SMILES string of the molecule is CNC1([C@@H]2CCN(c3ccc4c(=O)c(OC(=O)O)cn(C5CC5)c4c3C)C2)CC1. The Balaban J connectivity index is 1.57. The number of hydrogen-bond donors (Lipinski definition) is 2. The lowest BCUT2D eigenvalue weighted by atomic mass is 9.96. The van der Waals surface area contributed by atoms with Gasteiger partial charge in [0.25, 0.3) is 0 Å². The lowest BCUT2D eigenvalue weighted by Gasteiger charge is -2.26. The molecule has 0 bridgehead atoms. The van der Waals surface area contributed by atoms with Gasteiger partial charge in [-0.15, -0.1) is 0 Å². The standard InChI is InChI=1S/C22H27N3O4/c1-13-17(24-10-7-14(11-24)22(23-2)8-9-22)6-5-16-19(13)25(15-3-4-15)12-18(20(16)26)29-21(27)28/h5-6,12,14-15,23H,3-4,7-11H2,1-2H3,(H,27,28)/t14-/m1/s1. The minimum absolute atomic E-state index is 0.116. The lowest BCUT2D eigenvalue weighted by Crippen LogP contribution is -2.37. The fourth-order valence-electron chi connectivity index (χ4n) is 5.16. The molecule has 2 aliphatic carbocycles. The van der Waals surface area contributed by atoms with Gasteiger partial charge < -0.3 is 24.6 Å². The van der Waals surface area contributed by atoms with Gasteiger partial charge in [-0.2, -0.15) is 0 Å². The summed E-state index contributed by atoms with van der Waals surface area (Å²) in [6, 6.07) is 4.15. The van der Waals surface area contributed by atoms with Crippen molar-refractivity contribution in [3.8, 4) is 5.75 Å². The van der Waals surface area contributed by atoms with Gasteiger partial charge in [-0.3, -0.25) is 4.79 Å². The highest BCUT2D eigenvalue weighted by Crippen LogP contribution is 2.47. The number of nitrogens with one attached hydrogen (secondary N) is 1. The van der Waals surface area contributed by atoms with Crippen LogP contribution in [0.1, 0.15) is 43.7 Å². The minimum Gasteiger partial charge on any atom is -0.449 e. The average molecular weight is 397 g/mol. The van der Waals surface area contributed by atoms with E-state index in [9.17, 15) is 9.59 Å². The minimum atomic E-state index is -1.46. The summed E-state index contributed by atoms with van der Waals surface area (Å²) >= 11 is 0. The van der Waals surface area contributed by atoms with Gasteiger partial charge in [0.1, 0.15) is 0 Å². The van der Waals surface area contributed by atoms with E-state index < -0.39 is 6.16 Å². The van der Waals surface area contributed by atoms with Gasteiger partial charge in [0.2, 0.25) is 5.43 Å². The highest BCUT2D eigenvalue weighted by Gasteiger charge is 2.50. The summed E-state index contributed by atoms with van der Waals surface area (Å²) in [6.07, 6.45) is 5.88. The number of pyridine rings is 1. The number of ether oxygens (including phenoxy) is 1. The molecule has 7 heteroatoms. The highest BCUT2D eigenvalue weighted by molar-refractivity contribution is 5.88. The van der Waals surface area contributed by atoms with Gasteiger partial charge in [0.05, 0.1) is 17.1 Å². The normalized spacial score (nSPS) is 22.8. The summed E-state index contributed by atoms with van der Waals surface area (Å²) in [5, 5.41) is 13.1. The number of benzene rings is 1. The number of aromatic nitrogens is 1. The second-order valence-electron chi connectivity index (χ2n) is 8.77. The summed E-state index contributed by atoms with van der Waals surface area (Å²) in [7, 11) is 2.07. The Kier molecular flexibility index (Phi) is 4.13. The number of nitrogens with zero attached hydrogens (tertiary/aromatic N) is 2. The predicted octanol–water partition coefficient (Wildman–Crippen LogP) is 3.28. The zero-order valence-electron chi connectivity index (χ0n) is 16.9. The lowest BCUT2D eigenvalue weighted by molar-refractivity contribution is 0.143. The van der Waals surface area contributed by atoms with Crippen LogP contribution in [0.3, 0.4) is 0 Å². The van der Waals surface area contributed by atoms with Crippen LogP contribution in [0.5, 0.6) is 5.75 Å². The number of carboxylic acid groups (broad SMARTS) is 1. The van der Waals surface area contributed by atoms with Crippen molar-refractivity contribution in [3.63, 3.8) is 0 Å². The first kappa shape index (κ1) is 18.5. The van der Waals surface area contributed by atoms with Gasteiger partial charge in [0.15, 0.2) is 5.75 Å². The van der Waals surface area contributed by atoms with Crippen LogP contribution >= 0.6 is 0 Å². The number of aryl methyl sites for hydroxylation is 1. The van der Waals surface area contributed by atoms with Gasteiger partial charge in [0, 0.05) is 30.4 Å². The molecule has 0 spiro atoms. The third-order valence-corrected chi connectivity index (χ3v) is 7.12. The third-order valence-electron chi connectivity index (χ3n) is 7.12. The fraction of sp³-hybridized carbons (Fsp3) is 0.545. The molecule has 1 atom stereocenters. The monoisotopic (exact) mass is 397 g/mol. The quantitative estimate of drug-likeness (QED) is 0.754. The molecule has 0 unspecified atom stereocenters. The molecule has 2 saturated carbocycles. The summed E-state index contributed by atoms with van der Waals surface area (Å²) in [5.74, 6) is 0.537. The summed E-state index contributed by atoms with van der Waals surface area (Å²) in [5.41, 5.74) is 3.13. The molecule has 7 nitrogen and oxygen atoms in total. The van der Waals surface area contributed by atoms with Gasteiger partial charge >= 0.3 is 6.16 Å². The number of fused-ring (bicyclic) bond motifs is 1. The molecule has 1 aromatic heterocycles. The second-order valence-corrected chi connectivity index (χ2v) is 8.77. The Bertz CT molecular complexity index is 1050. The van der Waals surface area contributed by atoms with E-state index in [-0.39, 0.29) is 11.2 Å². The Morgan fingerprint density at radius 2 is 2.03 bits per heavy atom. The van der Waals surface area contributed by atoms with Crippen molar-refractivity contribution in [1.29, 1.82) is 0 Å². The average Bonchev–Trinajstić information content (AvgIpc) is 3.62. The van der Waals surface area contributed by atoms with Crippen molar-refractivity contribution in [2.45, 2.75) is 50.6 Å². The Morgan fingerprint density at radius 3 is 2.66 bits per heavy atom. The first-order valence-electron chi connectivity index (χ1n) is 10.5. The molecule has 3 aliphatic rings. The van der Waals surface area contributed by atoms with E-state index in [0.717, 1.165) is 37.0 Å². The molecule has 2 heterocycles. The van der Waals surface area contributed by atoms with Crippen molar-refractivity contribution < 1.29 is 14.6 Å². The van der Waals surface area contributed by atoms with E-state index in [4.69, 9.17) is 9.84 Å². The van der Waals surface area contributed by atoms with Crippen LogP contribution in [0.25, 0.3) is 10.9 Å². The van der Waals surface area contributed by atoms with Crippen LogP contribution in [-0.4, -0.2) is 41.5 Å². The van der Waals surface area contributed by atoms with Gasteiger partial charge in [-0.1, -0.05) is 0 Å². The topological polar surface area (TPSA) is 83.8 Å². The van der Waals surface area contributed by atoms with Crippen molar-refractivity contribution >= 4 is 22.7 Å². The zero-order chi connectivity index (χ0) is 20.3. The second kappa shape index (κ2) is 6.49. The van der Waals surface area contributed by atoms with Gasteiger partial charge in [-0.05, 0) is 69.7 Å². The molecule has 1 saturated heterocycles. The Morgan fingerprint density at radius 1 is 1.28 bits per heavy atom. The Hall–Kier alpha value is -2.54. The van der Waals surface area contributed by atoms with Crippen molar-refractivity contribution in [2.75, 3.05) is 25.0 Å². The van der Waals surface area contributed by atoms with E-state index in [1.54, 1.807) is 6.20 Å². The maximum Gasteiger partial charge on any atom is 0.511 e. The van der Waals surface area contributed by atoms with E-state index in [1.165, 1.54) is 24.9 Å². The third kappa shape index (κ3) is 2.99. The summed E-state index contributed by atoms with van der Waals surface area (Å²) in [4.78, 5) is 26.3. The molecule has 2 N–H and O–H groups in total. The molecule has 1 aliphatic heterocycles. The molecule has 154 valence electrons. The highest BCUT2D eigenvalue weighted by atomic mass is 16.7. The smallest absolute Gasteiger partial charge is 0.449 e. The number of rotatable bonds is 5. The molecule has 29 heavy (non-hydrogen) atoms. The fourth-order valence-corrected chi connectivity index (χ4v) is 5.16. The molecule has 0 radical (unpaired) electrons. The number of hydrogen-bond acceptors (Lipinski definition) is 5. The van der Waals surface area contributed by atoms with E-state index in [2.05, 4.69) is 28.8 Å². The summed E-state index contributed by atoms with van der Waals surface area (Å²) < 4.78 is 6.83. The maximum atomic E-state index is 12.9. The number of anilines is 1. The largest absolute Gasteiger partial charge is 0.511 e. The Labute approximate surface area is 169 Å². The molecule has 3 fully saturated rings. The van der Waals surface area contributed by atoms with Crippen molar-refractivity contribution in [1.82, 2.24) is 9.88 Å². The molecular weight excluding hydrogens is 370 g/mol. The molecule has 0 amide bonds. The van der Waals surface area contributed by atoms with Crippen LogP contribution in [-0.2, 0) is 0 Å². The van der Waals surface area contributed by atoms with E-state index in [1.807, 2.05) is 12.1 Å². The van der Waals surface area contributed by atoms with Crippen LogP contribution in [0.15, 0.2) is 23.1 Å². The van der Waals surface area contributed by atoms with Crippen LogP contribution in [0, 0.1) is 12.8 Å². The van der Waals surface area contributed by atoms with Gasteiger partial charge in [-0.25, -0.2) is 4.79 Å². The van der Waals surface area contributed by atoms with E-state index in [0.29, 0.717) is 22.9 Å². The van der Waals surface area contributed by atoms with Crippen molar-refractivity contribution in [2.24, 2.45) is 5.92 Å². The first-order valence-corrected chi connectivity index (χ1v) is 10.5. The number of carbonyl (C=O) groups is 1. The summed E-state index contributed by atoms with van der Waals surface area (Å²) in [6.45, 7) is 4.13.